The average Bonchev–Trinajstić information content (AvgIpc) is 3.93. The van der Waals surface area contributed by atoms with Gasteiger partial charge in [-0.3, -0.25) is 9.59 Å². The summed E-state index contributed by atoms with van der Waals surface area (Å²) in [5.41, 5.74) is 13.0. The third kappa shape index (κ3) is 9.40. The first-order chi connectivity index (χ1) is 26.3. The molecule has 1 heterocycles. The molecule has 4 aliphatic rings. The van der Waals surface area contributed by atoms with E-state index in [2.05, 4.69) is 111 Å². The zero-order valence-electron chi connectivity index (χ0n) is 35.3. The predicted molar refractivity (Wildman–Crippen MR) is 224 cm³/mol. The van der Waals surface area contributed by atoms with Crippen molar-refractivity contribution in [1.82, 2.24) is 0 Å². The Morgan fingerprint density at radius 3 is 1.86 bits per heavy atom. The van der Waals surface area contributed by atoms with Gasteiger partial charge < -0.3 is 19.3 Å². The van der Waals surface area contributed by atoms with Gasteiger partial charge in [0.2, 0.25) is 0 Å². The number of carbonyl (C=O) groups excluding carboxylic acids is 2. The molecule has 1 N–H and O–H groups in total. The topological polar surface area (TPSA) is 82.1 Å². The standard InChI is InChI=1S/C24H28O4.C13H18O.C13H16O/c1-24(2,3)17-6-8-19-15(11-17)5-10-21(19)28-18-7-9-20-16(12-23(25)26-4)14-27-22(20)13-18;2*1-13(2,3)10-5-6-11-9(8-10)4-7-12(11)14/h6-9,11,13,16,21H,5,10,12,14H2,1-4H3;5-6,8,12,14H,4,7H2,1-3H3;5-6,8H,4,7H2,1-3H3/t16-,21-;12-;/m10./s1. The maximum Gasteiger partial charge on any atom is 0.306 e. The second-order valence-electron chi connectivity index (χ2n) is 19.1. The molecule has 0 radical (unpaired) electrons. The van der Waals surface area contributed by atoms with Crippen molar-refractivity contribution in [3.63, 3.8) is 0 Å². The van der Waals surface area contributed by atoms with E-state index < -0.39 is 0 Å². The van der Waals surface area contributed by atoms with Crippen LogP contribution in [0.3, 0.4) is 0 Å². The van der Waals surface area contributed by atoms with E-state index in [4.69, 9.17) is 14.2 Å². The minimum atomic E-state index is -0.223. The van der Waals surface area contributed by atoms with Crippen LogP contribution in [0.15, 0.2) is 72.8 Å². The highest BCUT2D eigenvalue weighted by Gasteiger charge is 2.30. The summed E-state index contributed by atoms with van der Waals surface area (Å²) in [6.07, 6.45) is 5.78. The quantitative estimate of drug-likeness (QED) is 0.209. The van der Waals surface area contributed by atoms with E-state index in [0.717, 1.165) is 60.3 Å². The molecule has 4 aromatic rings. The van der Waals surface area contributed by atoms with Crippen LogP contribution in [-0.4, -0.2) is 30.6 Å². The van der Waals surface area contributed by atoms with Crippen molar-refractivity contribution in [2.24, 2.45) is 0 Å². The lowest BCUT2D eigenvalue weighted by atomic mass is 9.85. The number of aryl methyl sites for hydroxylation is 3. The number of methoxy groups -OCH3 is 1. The Morgan fingerprint density at radius 2 is 1.23 bits per heavy atom. The molecule has 6 nitrogen and oxygen atoms in total. The van der Waals surface area contributed by atoms with Crippen LogP contribution in [0.25, 0.3) is 0 Å². The minimum absolute atomic E-state index is 0.0551. The third-order valence-electron chi connectivity index (χ3n) is 11.8. The lowest BCUT2D eigenvalue weighted by Gasteiger charge is -2.21. The molecule has 0 spiro atoms. The number of ketones is 1. The van der Waals surface area contributed by atoms with Gasteiger partial charge in [0.1, 0.15) is 17.6 Å². The van der Waals surface area contributed by atoms with Crippen LogP contribution < -0.4 is 9.47 Å². The highest BCUT2D eigenvalue weighted by Crippen LogP contribution is 2.42. The number of fused-ring (bicyclic) bond motifs is 4. The number of carbonyl (C=O) groups is 2. The molecule has 56 heavy (non-hydrogen) atoms. The second-order valence-corrected chi connectivity index (χ2v) is 19.1. The molecule has 3 atom stereocenters. The van der Waals surface area contributed by atoms with Crippen molar-refractivity contribution in [3.05, 3.63) is 128 Å². The normalized spacial score (nSPS) is 19.3. The fraction of sp³-hybridized carbons (Fsp3) is 0.480. The van der Waals surface area contributed by atoms with Gasteiger partial charge >= 0.3 is 5.97 Å². The van der Waals surface area contributed by atoms with Crippen LogP contribution in [0, 0.1) is 0 Å². The molecule has 0 aromatic heterocycles. The fourth-order valence-corrected chi connectivity index (χ4v) is 8.10. The Balaban J connectivity index is 0.000000159. The van der Waals surface area contributed by atoms with Crippen LogP contribution in [0.1, 0.15) is 167 Å². The van der Waals surface area contributed by atoms with Crippen LogP contribution in [-0.2, 0) is 45.0 Å². The van der Waals surface area contributed by atoms with Gasteiger partial charge in [-0.1, -0.05) is 123 Å². The summed E-state index contributed by atoms with van der Waals surface area (Å²) >= 11 is 0. The molecular weight excluding hydrogens is 697 g/mol. The second kappa shape index (κ2) is 16.2. The highest BCUT2D eigenvalue weighted by atomic mass is 16.5. The van der Waals surface area contributed by atoms with Crippen LogP contribution in [0.2, 0.25) is 0 Å². The van der Waals surface area contributed by atoms with Crippen molar-refractivity contribution < 1.29 is 28.9 Å². The molecule has 1 aliphatic heterocycles. The molecule has 3 aliphatic carbocycles. The Bertz CT molecular complexity index is 2070. The third-order valence-corrected chi connectivity index (χ3v) is 11.8. The largest absolute Gasteiger partial charge is 0.492 e. The van der Waals surface area contributed by atoms with Crippen LogP contribution in [0.4, 0.5) is 0 Å². The minimum Gasteiger partial charge on any atom is -0.492 e. The first kappa shape index (κ1) is 41.2. The molecule has 0 bridgehead atoms. The van der Waals surface area contributed by atoms with E-state index >= 15 is 0 Å². The molecular formula is C50H62O6. The number of ether oxygens (including phenoxy) is 3. The number of Topliss-reactive ketones (excluding diaryl/α,β-unsaturated/α-hetero) is 1. The van der Waals surface area contributed by atoms with E-state index in [1.165, 1.54) is 46.1 Å². The zero-order valence-corrected chi connectivity index (χ0v) is 35.3. The average molecular weight is 759 g/mol. The summed E-state index contributed by atoms with van der Waals surface area (Å²) in [4.78, 5) is 23.0. The van der Waals surface area contributed by atoms with E-state index in [1.807, 2.05) is 24.3 Å². The molecule has 0 saturated heterocycles. The fourth-order valence-electron chi connectivity index (χ4n) is 8.10. The first-order valence-electron chi connectivity index (χ1n) is 20.4. The van der Waals surface area contributed by atoms with Gasteiger partial charge in [-0.2, -0.15) is 0 Å². The maximum absolute atomic E-state index is 11.6. The lowest BCUT2D eigenvalue weighted by molar-refractivity contribution is -0.141. The summed E-state index contributed by atoms with van der Waals surface area (Å²) in [6, 6.07) is 25.5. The number of esters is 1. The highest BCUT2D eigenvalue weighted by molar-refractivity contribution is 6.00. The maximum atomic E-state index is 11.6. The number of aliphatic hydroxyl groups excluding tert-OH is 1. The molecule has 298 valence electrons. The van der Waals surface area contributed by atoms with Crippen molar-refractivity contribution in [3.8, 4) is 11.5 Å². The molecule has 0 amide bonds. The van der Waals surface area contributed by atoms with Crippen molar-refractivity contribution in [2.75, 3.05) is 13.7 Å². The number of hydrogen-bond donors (Lipinski definition) is 1. The van der Waals surface area contributed by atoms with Crippen molar-refractivity contribution in [2.45, 2.75) is 142 Å². The Morgan fingerprint density at radius 1 is 0.679 bits per heavy atom. The summed E-state index contributed by atoms with van der Waals surface area (Å²) in [5.74, 6) is 1.78. The molecule has 0 fully saturated rings. The first-order valence-corrected chi connectivity index (χ1v) is 20.4. The Labute approximate surface area is 335 Å². The van der Waals surface area contributed by atoms with Gasteiger partial charge in [-0.25, -0.2) is 0 Å². The van der Waals surface area contributed by atoms with E-state index in [0.29, 0.717) is 25.2 Å². The van der Waals surface area contributed by atoms with Gasteiger partial charge in [-0.05, 0) is 98.9 Å². The molecule has 0 unspecified atom stereocenters. The van der Waals surface area contributed by atoms with Crippen LogP contribution in [0.5, 0.6) is 11.5 Å². The van der Waals surface area contributed by atoms with Crippen molar-refractivity contribution in [1.29, 1.82) is 0 Å². The van der Waals surface area contributed by atoms with Crippen LogP contribution >= 0.6 is 0 Å². The van der Waals surface area contributed by atoms with E-state index in [-0.39, 0.29) is 40.3 Å². The number of benzene rings is 4. The van der Waals surface area contributed by atoms with Gasteiger partial charge in [0.05, 0.1) is 26.2 Å². The number of rotatable bonds is 4. The SMILES string of the molecule is CC(C)(C)c1ccc2c(c1)CCC2=O.CC(C)(C)c1ccc2c(c1)CC[C@@H]2O.COC(=O)C[C@@H]1COc2cc(O[C@@H]3CCc4cc(C(C)(C)C)ccc43)ccc21. The van der Waals surface area contributed by atoms with Crippen molar-refractivity contribution >= 4 is 11.8 Å². The zero-order chi connectivity index (χ0) is 40.6. The molecule has 4 aromatic carbocycles. The van der Waals surface area contributed by atoms with Gasteiger partial charge in [0, 0.05) is 29.5 Å². The van der Waals surface area contributed by atoms with Gasteiger partial charge in [-0.15, -0.1) is 0 Å². The monoisotopic (exact) mass is 758 g/mol. The lowest BCUT2D eigenvalue weighted by Crippen LogP contribution is -2.11. The Kier molecular flexibility index (Phi) is 11.9. The summed E-state index contributed by atoms with van der Waals surface area (Å²) in [5, 5.41) is 9.68. The van der Waals surface area contributed by atoms with E-state index in [1.54, 1.807) is 0 Å². The summed E-state index contributed by atoms with van der Waals surface area (Å²) in [6.45, 7) is 20.5. The predicted octanol–water partition coefficient (Wildman–Crippen LogP) is 11.2. The summed E-state index contributed by atoms with van der Waals surface area (Å²) in [7, 11) is 1.42. The van der Waals surface area contributed by atoms with Gasteiger partial charge in [0.15, 0.2) is 5.78 Å². The number of hydrogen-bond acceptors (Lipinski definition) is 6. The number of aliphatic hydroxyl groups is 1. The Hall–Kier alpha value is -4.42. The van der Waals surface area contributed by atoms with Gasteiger partial charge in [0.25, 0.3) is 0 Å². The molecule has 8 rings (SSSR count). The molecule has 6 heteroatoms. The smallest absolute Gasteiger partial charge is 0.306 e. The summed E-state index contributed by atoms with van der Waals surface area (Å²) < 4.78 is 16.9. The molecule has 0 saturated carbocycles. The van der Waals surface area contributed by atoms with E-state index in [9.17, 15) is 14.7 Å².